The standard InChI is InChI=1S/C21H34N6/c1-5-22-21(26-12-11-18(15-26)14-25(6-2)7-3)23-13-19-16-27-17(4)9-8-10-20(27)24-19/h8-10,16,18H,5-7,11-15H2,1-4H3,(H,22,23). The van der Waals surface area contributed by atoms with E-state index in [9.17, 15) is 0 Å². The van der Waals surface area contributed by atoms with Crippen LogP contribution in [0.2, 0.25) is 0 Å². The van der Waals surface area contributed by atoms with Crippen molar-refractivity contribution in [3.05, 3.63) is 35.8 Å². The first-order chi connectivity index (χ1) is 13.1. The van der Waals surface area contributed by atoms with Crippen molar-refractivity contribution < 1.29 is 0 Å². The molecule has 0 saturated carbocycles. The van der Waals surface area contributed by atoms with E-state index in [1.165, 1.54) is 18.7 Å². The molecule has 3 rings (SSSR count). The van der Waals surface area contributed by atoms with Gasteiger partial charge in [-0.1, -0.05) is 19.9 Å². The number of hydrogen-bond donors (Lipinski definition) is 1. The van der Waals surface area contributed by atoms with Crippen LogP contribution in [0.5, 0.6) is 0 Å². The zero-order chi connectivity index (χ0) is 19.2. The van der Waals surface area contributed by atoms with E-state index in [1.54, 1.807) is 0 Å². The Balaban J connectivity index is 1.66. The van der Waals surface area contributed by atoms with Gasteiger partial charge in [-0.2, -0.15) is 0 Å². The van der Waals surface area contributed by atoms with Gasteiger partial charge in [-0.05, 0) is 51.4 Å². The minimum atomic E-state index is 0.612. The van der Waals surface area contributed by atoms with Crippen molar-refractivity contribution in [1.82, 2.24) is 24.5 Å². The first kappa shape index (κ1) is 19.7. The van der Waals surface area contributed by atoms with Gasteiger partial charge in [0.05, 0.1) is 12.2 Å². The topological polar surface area (TPSA) is 48.2 Å². The van der Waals surface area contributed by atoms with Crippen LogP contribution in [0, 0.1) is 12.8 Å². The fraction of sp³-hybridized carbons (Fsp3) is 0.619. The van der Waals surface area contributed by atoms with E-state index in [0.717, 1.165) is 55.9 Å². The van der Waals surface area contributed by atoms with Gasteiger partial charge in [0.2, 0.25) is 0 Å². The normalized spacial score (nSPS) is 18.0. The number of aromatic nitrogens is 2. The molecule has 1 saturated heterocycles. The average Bonchev–Trinajstić information content (AvgIpc) is 3.30. The van der Waals surface area contributed by atoms with Crippen molar-refractivity contribution >= 4 is 11.6 Å². The van der Waals surface area contributed by atoms with Gasteiger partial charge in [-0.25, -0.2) is 9.98 Å². The summed E-state index contributed by atoms with van der Waals surface area (Å²) in [5.74, 6) is 1.75. The van der Waals surface area contributed by atoms with E-state index >= 15 is 0 Å². The number of fused-ring (bicyclic) bond motifs is 1. The van der Waals surface area contributed by atoms with Gasteiger partial charge < -0.3 is 19.5 Å². The summed E-state index contributed by atoms with van der Waals surface area (Å²) in [6.45, 7) is 15.9. The average molecular weight is 371 g/mol. The lowest BCUT2D eigenvalue weighted by Gasteiger charge is -2.24. The van der Waals surface area contributed by atoms with E-state index in [4.69, 9.17) is 9.98 Å². The molecule has 0 aromatic carbocycles. The molecule has 6 nitrogen and oxygen atoms in total. The Morgan fingerprint density at radius 2 is 2.11 bits per heavy atom. The summed E-state index contributed by atoms with van der Waals surface area (Å²) in [5.41, 5.74) is 3.20. The summed E-state index contributed by atoms with van der Waals surface area (Å²) in [7, 11) is 0. The number of aliphatic imine (C=N–C) groups is 1. The molecule has 2 aromatic heterocycles. The second-order valence-corrected chi connectivity index (χ2v) is 7.38. The van der Waals surface area contributed by atoms with Gasteiger partial charge >= 0.3 is 0 Å². The van der Waals surface area contributed by atoms with Gasteiger partial charge in [0, 0.05) is 38.1 Å². The Morgan fingerprint density at radius 1 is 1.30 bits per heavy atom. The Labute approximate surface area is 163 Å². The minimum absolute atomic E-state index is 0.612. The molecule has 0 radical (unpaired) electrons. The summed E-state index contributed by atoms with van der Waals surface area (Å²) in [6, 6.07) is 6.20. The zero-order valence-electron chi connectivity index (χ0n) is 17.3. The molecule has 0 bridgehead atoms. The largest absolute Gasteiger partial charge is 0.357 e. The van der Waals surface area contributed by atoms with Crippen LogP contribution in [0.15, 0.2) is 29.4 Å². The molecule has 148 valence electrons. The second kappa shape index (κ2) is 9.22. The molecule has 0 aliphatic carbocycles. The molecule has 1 atom stereocenters. The van der Waals surface area contributed by atoms with Crippen molar-refractivity contribution in [3.63, 3.8) is 0 Å². The highest BCUT2D eigenvalue weighted by Crippen LogP contribution is 2.18. The first-order valence-electron chi connectivity index (χ1n) is 10.3. The molecule has 1 unspecified atom stereocenters. The highest BCUT2D eigenvalue weighted by Gasteiger charge is 2.25. The summed E-state index contributed by atoms with van der Waals surface area (Å²) in [6.07, 6.45) is 3.35. The molecule has 1 N–H and O–H groups in total. The summed E-state index contributed by atoms with van der Waals surface area (Å²) in [5, 5.41) is 3.47. The maximum atomic E-state index is 4.89. The van der Waals surface area contributed by atoms with Crippen molar-refractivity contribution in [2.45, 2.75) is 40.7 Å². The van der Waals surface area contributed by atoms with Crippen LogP contribution < -0.4 is 5.32 Å². The molecule has 27 heavy (non-hydrogen) atoms. The first-order valence-corrected chi connectivity index (χ1v) is 10.3. The molecular formula is C21H34N6. The third-order valence-corrected chi connectivity index (χ3v) is 5.47. The summed E-state index contributed by atoms with van der Waals surface area (Å²) in [4.78, 5) is 14.5. The predicted octanol–water partition coefficient (Wildman–Crippen LogP) is 2.77. The number of hydrogen-bond acceptors (Lipinski definition) is 3. The Hall–Kier alpha value is -2.08. The number of pyridine rings is 1. The number of nitrogens with zero attached hydrogens (tertiary/aromatic N) is 5. The molecule has 1 aliphatic heterocycles. The lowest BCUT2D eigenvalue weighted by atomic mass is 10.1. The van der Waals surface area contributed by atoms with Gasteiger partial charge in [0.1, 0.15) is 5.65 Å². The third kappa shape index (κ3) is 4.80. The number of imidazole rings is 1. The van der Waals surface area contributed by atoms with Crippen LogP contribution in [0.4, 0.5) is 0 Å². The molecule has 0 spiro atoms. The third-order valence-electron chi connectivity index (χ3n) is 5.47. The van der Waals surface area contributed by atoms with Crippen LogP contribution in [-0.2, 0) is 6.54 Å². The maximum absolute atomic E-state index is 4.89. The number of likely N-dealkylation sites (tertiary alicyclic amines) is 1. The number of rotatable bonds is 7. The molecule has 2 aromatic rings. The second-order valence-electron chi connectivity index (χ2n) is 7.38. The van der Waals surface area contributed by atoms with Crippen LogP contribution in [-0.4, -0.2) is 64.4 Å². The Kier molecular flexibility index (Phi) is 6.72. The lowest BCUT2D eigenvalue weighted by Crippen LogP contribution is -2.40. The van der Waals surface area contributed by atoms with Gasteiger partial charge in [-0.3, -0.25) is 0 Å². The van der Waals surface area contributed by atoms with E-state index in [0.29, 0.717) is 6.54 Å². The molecular weight excluding hydrogens is 336 g/mol. The van der Waals surface area contributed by atoms with E-state index < -0.39 is 0 Å². The van der Waals surface area contributed by atoms with Crippen molar-refractivity contribution in [2.24, 2.45) is 10.9 Å². The maximum Gasteiger partial charge on any atom is 0.194 e. The molecule has 1 aliphatic rings. The molecule has 3 heterocycles. The fourth-order valence-corrected chi connectivity index (χ4v) is 3.88. The highest BCUT2D eigenvalue weighted by atomic mass is 15.3. The Morgan fingerprint density at radius 3 is 2.81 bits per heavy atom. The van der Waals surface area contributed by atoms with E-state index in [2.05, 4.69) is 65.5 Å². The summed E-state index contributed by atoms with van der Waals surface area (Å²) >= 11 is 0. The van der Waals surface area contributed by atoms with E-state index in [-0.39, 0.29) is 0 Å². The van der Waals surface area contributed by atoms with Crippen LogP contribution in [0.1, 0.15) is 38.6 Å². The van der Waals surface area contributed by atoms with E-state index in [1.807, 2.05) is 6.07 Å². The SMILES string of the molecule is CCNC(=NCc1cn2c(C)cccc2n1)N1CCC(CN(CC)CC)C1. The lowest BCUT2D eigenvalue weighted by molar-refractivity contribution is 0.255. The quantitative estimate of drug-likeness (QED) is 0.601. The van der Waals surface area contributed by atoms with Crippen molar-refractivity contribution in [1.29, 1.82) is 0 Å². The molecule has 0 amide bonds. The van der Waals surface area contributed by atoms with Gasteiger partial charge in [-0.15, -0.1) is 0 Å². The fourth-order valence-electron chi connectivity index (χ4n) is 3.88. The number of nitrogens with one attached hydrogen (secondary N) is 1. The Bertz CT molecular complexity index is 761. The number of aryl methyl sites for hydroxylation is 1. The van der Waals surface area contributed by atoms with Crippen LogP contribution >= 0.6 is 0 Å². The smallest absolute Gasteiger partial charge is 0.194 e. The summed E-state index contributed by atoms with van der Waals surface area (Å²) < 4.78 is 2.13. The van der Waals surface area contributed by atoms with Crippen LogP contribution in [0.25, 0.3) is 5.65 Å². The van der Waals surface area contributed by atoms with Crippen molar-refractivity contribution in [3.8, 4) is 0 Å². The highest BCUT2D eigenvalue weighted by molar-refractivity contribution is 5.80. The van der Waals surface area contributed by atoms with Crippen LogP contribution in [0.3, 0.4) is 0 Å². The molecule has 6 heteroatoms. The zero-order valence-corrected chi connectivity index (χ0v) is 17.3. The van der Waals surface area contributed by atoms with Gasteiger partial charge in [0.15, 0.2) is 5.96 Å². The predicted molar refractivity (Wildman–Crippen MR) is 112 cm³/mol. The monoisotopic (exact) mass is 370 g/mol. The van der Waals surface area contributed by atoms with Gasteiger partial charge in [0.25, 0.3) is 0 Å². The number of guanidine groups is 1. The minimum Gasteiger partial charge on any atom is -0.357 e. The van der Waals surface area contributed by atoms with Crippen molar-refractivity contribution in [2.75, 3.05) is 39.3 Å². The molecule has 1 fully saturated rings.